The Morgan fingerprint density at radius 2 is 2.53 bits per heavy atom. The first-order chi connectivity index (χ1) is 7.15. The van der Waals surface area contributed by atoms with Crippen molar-refractivity contribution in [2.45, 2.75) is 44.9 Å². The van der Waals surface area contributed by atoms with Crippen LogP contribution in [-0.2, 0) is 17.7 Å². The number of hydrogen-bond acceptors (Lipinski definition) is 3. The van der Waals surface area contributed by atoms with Gasteiger partial charge in [-0.25, -0.2) is 4.98 Å². The lowest BCUT2D eigenvalue weighted by Gasteiger charge is -2.25. The summed E-state index contributed by atoms with van der Waals surface area (Å²) < 4.78 is 7.46. The molecule has 1 N–H and O–H groups in total. The predicted octanol–water partition coefficient (Wildman–Crippen LogP) is 0.985. The van der Waals surface area contributed by atoms with Gasteiger partial charge in [0.15, 0.2) is 0 Å². The molecule has 2 heterocycles. The number of nitrogens with zero attached hydrogens (tertiary/aromatic N) is 2. The van der Waals surface area contributed by atoms with Crippen molar-refractivity contribution in [1.82, 2.24) is 9.55 Å². The van der Waals surface area contributed by atoms with Gasteiger partial charge in [-0.05, 0) is 13.8 Å². The maximum Gasteiger partial charge on any atom is 0.111 e. The number of rotatable bonds is 3. The summed E-state index contributed by atoms with van der Waals surface area (Å²) in [5.41, 5.74) is -0.738. The van der Waals surface area contributed by atoms with E-state index in [1.807, 2.05) is 13.1 Å². The van der Waals surface area contributed by atoms with Crippen molar-refractivity contribution in [3.8, 4) is 0 Å². The van der Waals surface area contributed by atoms with E-state index < -0.39 is 5.60 Å². The van der Waals surface area contributed by atoms with Crippen LogP contribution in [0.15, 0.2) is 12.4 Å². The lowest BCUT2D eigenvalue weighted by molar-refractivity contribution is -0.0285. The number of aromatic nitrogens is 2. The zero-order valence-corrected chi connectivity index (χ0v) is 9.31. The molecular formula is C11H18N2O2. The van der Waals surface area contributed by atoms with Gasteiger partial charge in [0, 0.05) is 38.4 Å². The van der Waals surface area contributed by atoms with Crippen molar-refractivity contribution in [1.29, 1.82) is 0 Å². The van der Waals surface area contributed by atoms with Crippen molar-refractivity contribution in [3.63, 3.8) is 0 Å². The predicted molar refractivity (Wildman–Crippen MR) is 56.6 cm³/mol. The van der Waals surface area contributed by atoms with Crippen LogP contribution in [0.1, 0.15) is 26.1 Å². The van der Waals surface area contributed by atoms with E-state index in [0.29, 0.717) is 19.4 Å². The molecule has 0 aromatic carbocycles. The first kappa shape index (κ1) is 10.6. The second-order valence-electron chi connectivity index (χ2n) is 4.17. The third-order valence-electron chi connectivity index (χ3n) is 3.27. The van der Waals surface area contributed by atoms with Gasteiger partial charge in [-0.2, -0.15) is 0 Å². The zero-order valence-electron chi connectivity index (χ0n) is 9.31. The highest BCUT2D eigenvalue weighted by Crippen LogP contribution is 2.28. The topological polar surface area (TPSA) is 47.3 Å². The molecule has 1 aliphatic heterocycles. The van der Waals surface area contributed by atoms with E-state index in [1.54, 1.807) is 6.20 Å². The standard InChI is InChI=1S/C11H18N2O2/c1-3-13-6-5-12-10(13)8-11(14)4-7-15-9(11)2/h5-6,9,14H,3-4,7-8H2,1-2H3. The highest BCUT2D eigenvalue weighted by atomic mass is 16.5. The second kappa shape index (κ2) is 3.94. The smallest absolute Gasteiger partial charge is 0.111 e. The summed E-state index contributed by atoms with van der Waals surface area (Å²) in [4.78, 5) is 4.28. The summed E-state index contributed by atoms with van der Waals surface area (Å²) in [5.74, 6) is 0.942. The molecule has 1 saturated heterocycles. The third kappa shape index (κ3) is 1.92. The van der Waals surface area contributed by atoms with Crippen LogP contribution in [0.4, 0.5) is 0 Å². The first-order valence-corrected chi connectivity index (χ1v) is 5.49. The fourth-order valence-electron chi connectivity index (χ4n) is 2.07. The maximum atomic E-state index is 10.4. The second-order valence-corrected chi connectivity index (χ2v) is 4.17. The van der Waals surface area contributed by atoms with Crippen molar-refractivity contribution in [3.05, 3.63) is 18.2 Å². The molecule has 0 spiro atoms. The molecule has 15 heavy (non-hydrogen) atoms. The molecule has 4 nitrogen and oxygen atoms in total. The normalized spacial score (nSPS) is 31.0. The van der Waals surface area contributed by atoms with Crippen LogP contribution in [-0.4, -0.2) is 33.0 Å². The van der Waals surface area contributed by atoms with Gasteiger partial charge in [-0.15, -0.1) is 0 Å². The van der Waals surface area contributed by atoms with Crippen LogP contribution >= 0.6 is 0 Å². The van der Waals surface area contributed by atoms with Gasteiger partial charge in [0.05, 0.1) is 11.7 Å². The molecule has 1 fully saturated rings. The van der Waals surface area contributed by atoms with Gasteiger partial charge in [-0.3, -0.25) is 0 Å². The monoisotopic (exact) mass is 210 g/mol. The fraction of sp³-hybridized carbons (Fsp3) is 0.727. The fourth-order valence-corrected chi connectivity index (χ4v) is 2.07. The Kier molecular flexibility index (Phi) is 2.80. The average molecular weight is 210 g/mol. The molecule has 0 amide bonds. The molecule has 1 aliphatic rings. The molecular weight excluding hydrogens is 192 g/mol. The van der Waals surface area contributed by atoms with Crippen LogP contribution in [0.2, 0.25) is 0 Å². The molecule has 4 heteroatoms. The highest BCUT2D eigenvalue weighted by molar-refractivity contribution is 5.02. The van der Waals surface area contributed by atoms with E-state index in [9.17, 15) is 5.11 Å². The van der Waals surface area contributed by atoms with E-state index in [-0.39, 0.29) is 6.10 Å². The van der Waals surface area contributed by atoms with Crippen molar-refractivity contribution in [2.24, 2.45) is 0 Å². The van der Waals surface area contributed by atoms with Gasteiger partial charge in [0.2, 0.25) is 0 Å². The Morgan fingerprint density at radius 1 is 1.73 bits per heavy atom. The number of imidazole rings is 1. The SMILES string of the molecule is CCn1ccnc1CC1(O)CCOC1C. The summed E-state index contributed by atoms with van der Waals surface area (Å²) in [5, 5.41) is 10.4. The maximum absolute atomic E-state index is 10.4. The van der Waals surface area contributed by atoms with Gasteiger partial charge in [-0.1, -0.05) is 0 Å². The van der Waals surface area contributed by atoms with Crippen molar-refractivity contribution >= 4 is 0 Å². The lowest BCUT2D eigenvalue weighted by atomic mass is 9.92. The molecule has 0 radical (unpaired) electrons. The first-order valence-electron chi connectivity index (χ1n) is 5.49. The average Bonchev–Trinajstić information content (AvgIpc) is 2.76. The number of hydrogen-bond donors (Lipinski definition) is 1. The van der Waals surface area contributed by atoms with Gasteiger partial charge < -0.3 is 14.4 Å². The van der Waals surface area contributed by atoms with Crippen molar-refractivity contribution < 1.29 is 9.84 Å². The Bertz CT molecular complexity index is 337. The summed E-state index contributed by atoms with van der Waals surface area (Å²) in [7, 11) is 0. The quantitative estimate of drug-likeness (QED) is 0.809. The van der Waals surface area contributed by atoms with E-state index in [4.69, 9.17) is 4.74 Å². The summed E-state index contributed by atoms with van der Waals surface area (Å²) in [6.07, 6.45) is 4.90. The van der Waals surface area contributed by atoms with E-state index in [1.165, 1.54) is 0 Å². The summed E-state index contributed by atoms with van der Waals surface area (Å²) in [6.45, 7) is 5.53. The largest absolute Gasteiger partial charge is 0.387 e. The van der Waals surface area contributed by atoms with E-state index >= 15 is 0 Å². The summed E-state index contributed by atoms with van der Waals surface area (Å²) >= 11 is 0. The van der Waals surface area contributed by atoms with Crippen LogP contribution in [0.25, 0.3) is 0 Å². The zero-order chi connectivity index (χ0) is 10.9. The molecule has 2 unspecified atom stereocenters. The Labute approximate surface area is 89.9 Å². The van der Waals surface area contributed by atoms with Crippen LogP contribution in [0.5, 0.6) is 0 Å². The Balaban J connectivity index is 2.14. The number of aryl methyl sites for hydroxylation is 1. The third-order valence-corrected chi connectivity index (χ3v) is 3.27. The minimum atomic E-state index is -0.738. The molecule has 0 saturated carbocycles. The highest BCUT2D eigenvalue weighted by Gasteiger charge is 2.40. The van der Waals surface area contributed by atoms with Gasteiger partial charge in [0.25, 0.3) is 0 Å². The van der Waals surface area contributed by atoms with Crippen LogP contribution < -0.4 is 0 Å². The molecule has 0 aliphatic carbocycles. The minimum absolute atomic E-state index is 0.0977. The van der Waals surface area contributed by atoms with Crippen LogP contribution in [0, 0.1) is 0 Å². The minimum Gasteiger partial charge on any atom is -0.387 e. The molecule has 1 aromatic heterocycles. The van der Waals surface area contributed by atoms with Crippen LogP contribution in [0.3, 0.4) is 0 Å². The molecule has 2 rings (SSSR count). The molecule has 1 aromatic rings. The summed E-state index contributed by atoms with van der Waals surface area (Å²) in [6, 6.07) is 0. The van der Waals surface area contributed by atoms with E-state index in [0.717, 1.165) is 12.4 Å². The van der Waals surface area contributed by atoms with Crippen molar-refractivity contribution in [2.75, 3.05) is 6.61 Å². The number of ether oxygens (including phenoxy) is 1. The van der Waals surface area contributed by atoms with Gasteiger partial charge in [0.1, 0.15) is 5.82 Å². The number of aliphatic hydroxyl groups is 1. The van der Waals surface area contributed by atoms with Gasteiger partial charge >= 0.3 is 0 Å². The molecule has 2 atom stereocenters. The Morgan fingerprint density at radius 3 is 3.13 bits per heavy atom. The lowest BCUT2D eigenvalue weighted by Crippen LogP contribution is -2.39. The molecule has 0 bridgehead atoms. The van der Waals surface area contributed by atoms with E-state index in [2.05, 4.69) is 16.5 Å². The Hall–Kier alpha value is -0.870. The molecule has 84 valence electrons.